The minimum atomic E-state index is -1.73. The smallest absolute Gasteiger partial charge is 0.192 e. The van der Waals surface area contributed by atoms with Gasteiger partial charge in [0, 0.05) is 0 Å². The highest BCUT2D eigenvalue weighted by Gasteiger charge is 2.40. The van der Waals surface area contributed by atoms with E-state index < -0.39 is 14.4 Å². The zero-order valence-corrected chi connectivity index (χ0v) is 11.6. The maximum atomic E-state index is 9.81. The molecule has 0 bridgehead atoms. The molecule has 0 aromatic heterocycles. The van der Waals surface area contributed by atoms with Crippen LogP contribution in [0.15, 0.2) is 12.2 Å². The van der Waals surface area contributed by atoms with E-state index in [0.717, 1.165) is 12.8 Å². The van der Waals surface area contributed by atoms with Crippen LogP contribution in [0.4, 0.5) is 0 Å². The topological polar surface area (TPSA) is 29.5 Å². The molecule has 0 amide bonds. The van der Waals surface area contributed by atoms with Crippen LogP contribution in [0.1, 0.15) is 33.6 Å². The van der Waals surface area contributed by atoms with Crippen LogP contribution < -0.4 is 0 Å². The molecule has 0 heterocycles. The molecule has 0 unspecified atom stereocenters. The van der Waals surface area contributed by atoms with Gasteiger partial charge in [-0.25, -0.2) is 0 Å². The Morgan fingerprint density at radius 1 is 1.33 bits per heavy atom. The Bertz CT molecular complexity index is 240. The molecule has 2 nitrogen and oxygen atoms in total. The van der Waals surface area contributed by atoms with Crippen molar-refractivity contribution in [1.82, 2.24) is 0 Å². The van der Waals surface area contributed by atoms with E-state index in [9.17, 15) is 5.11 Å². The van der Waals surface area contributed by atoms with Gasteiger partial charge in [-0.1, -0.05) is 32.9 Å². The standard InChI is InChI=1S/C12H24O2Si/c1-12(2,3)15(4,5)14-11-9-7-6-8-10(11)13/h6,8,10-11,13H,7,9H2,1-5H3/t10-,11+/m0/s1. The first-order valence-corrected chi connectivity index (χ1v) is 8.67. The van der Waals surface area contributed by atoms with Gasteiger partial charge in [-0.05, 0) is 31.0 Å². The minimum Gasteiger partial charge on any atom is -0.411 e. The molecule has 2 atom stereocenters. The van der Waals surface area contributed by atoms with E-state index in [2.05, 4.69) is 33.9 Å². The molecular weight excluding hydrogens is 204 g/mol. The summed E-state index contributed by atoms with van der Waals surface area (Å²) >= 11 is 0. The molecule has 15 heavy (non-hydrogen) atoms. The molecule has 0 spiro atoms. The van der Waals surface area contributed by atoms with Gasteiger partial charge in [0.05, 0.1) is 12.2 Å². The molecule has 1 N–H and O–H groups in total. The summed E-state index contributed by atoms with van der Waals surface area (Å²) < 4.78 is 6.19. The van der Waals surface area contributed by atoms with Gasteiger partial charge >= 0.3 is 0 Å². The second-order valence-corrected chi connectivity index (χ2v) is 10.7. The summed E-state index contributed by atoms with van der Waals surface area (Å²) in [6.45, 7) is 11.1. The van der Waals surface area contributed by atoms with Crippen molar-refractivity contribution in [1.29, 1.82) is 0 Å². The summed E-state index contributed by atoms with van der Waals surface area (Å²) in [6.07, 6.45) is 5.47. The molecule has 0 saturated carbocycles. The lowest BCUT2D eigenvalue weighted by atomic mass is 10.0. The Morgan fingerprint density at radius 2 is 1.93 bits per heavy atom. The summed E-state index contributed by atoms with van der Waals surface area (Å²) in [7, 11) is -1.73. The summed E-state index contributed by atoms with van der Waals surface area (Å²) in [6, 6.07) is 0. The number of allylic oxidation sites excluding steroid dienone is 1. The number of hydrogen-bond donors (Lipinski definition) is 1. The average molecular weight is 228 g/mol. The summed E-state index contributed by atoms with van der Waals surface area (Å²) in [5, 5.41) is 10.0. The molecule has 88 valence electrons. The van der Waals surface area contributed by atoms with Crippen LogP contribution in [0.3, 0.4) is 0 Å². The SMILES string of the molecule is CC(C)(C)[Si](C)(C)O[C@@H]1CCC=C[C@@H]1O. The van der Waals surface area contributed by atoms with Crippen molar-refractivity contribution in [2.75, 3.05) is 0 Å². The highest BCUT2D eigenvalue weighted by atomic mass is 28.4. The number of rotatable bonds is 2. The Kier molecular flexibility index (Phi) is 3.79. The number of aliphatic hydroxyl groups excluding tert-OH is 1. The molecule has 0 aliphatic heterocycles. The van der Waals surface area contributed by atoms with Gasteiger partial charge in [0.2, 0.25) is 0 Å². The van der Waals surface area contributed by atoms with Crippen molar-refractivity contribution < 1.29 is 9.53 Å². The molecule has 1 aliphatic rings. The molecule has 1 aliphatic carbocycles. The van der Waals surface area contributed by atoms with Gasteiger partial charge in [0.15, 0.2) is 8.32 Å². The lowest BCUT2D eigenvalue weighted by Gasteiger charge is -2.40. The second kappa shape index (κ2) is 4.40. The fraction of sp³-hybridized carbons (Fsp3) is 0.833. The van der Waals surface area contributed by atoms with Crippen LogP contribution in [0.5, 0.6) is 0 Å². The Balaban J connectivity index is 2.65. The van der Waals surface area contributed by atoms with E-state index in [4.69, 9.17) is 4.43 Å². The third kappa shape index (κ3) is 3.16. The lowest BCUT2D eigenvalue weighted by Crippen LogP contribution is -2.47. The first kappa shape index (κ1) is 12.9. The third-order valence-corrected chi connectivity index (χ3v) is 8.09. The van der Waals surface area contributed by atoms with Gasteiger partial charge in [-0.15, -0.1) is 0 Å². The first-order valence-electron chi connectivity index (χ1n) is 5.76. The fourth-order valence-corrected chi connectivity index (χ4v) is 2.84. The zero-order valence-electron chi connectivity index (χ0n) is 10.6. The predicted molar refractivity (Wildman–Crippen MR) is 66.5 cm³/mol. The fourth-order valence-electron chi connectivity index (χ4n) is 1.47. The minimum absolute atomic E-state index is 0.0101. The Morgan fingerprint density at radius 3 is 2.40 bits per heavy atom. The lowest BCUT2D eigenvalue weighted by molar-refractivity contribution is 0.0469. The second-order valence-electron chi connectivity index (χ2n) is 5.91. The molecule has 1 rings (SSSR count). The zero-order chi connectivity index (χ0) is 11.7. The summed E-state index contributed by atoms with van der Waals surface area (Å²) in [5.74, 6) is 0. The van der Waals surface area contributed by atoms with Crippen LogP contribution in [0.2, 0.25) is 18.1 Å². The Hall–Kier alpha value is -0.123. The van der Waals surface area contributed by atoms with Gasteiger partial charge in [-0.3, -0.25) is 0 Å². The van der Waals surface area contributed by atoms with E-state index in [1.165, 1.54) is 0 Å². The van der Waals surface area contributed by atoms with E-state index in [0.29, 0.717) is 0 Å². The molecule has 0 fully saturated rings. The van der Waals surface area contributed by atoms with E-state index in [-0.39, 0.29) is 11.1 Å². The van der Waals surface area contributed by atoms with Crippen molar-refractivity contribution in [2.45, 2.75) is 64.0 Å². The summed E-state index contributed by atoms with van der Waals surface area (Å²) in [5.41, 5.74) is 0. The molecule has 0 aromatic carbocycles. The maximum Gasteiger partial charge on any atom is 0.192 e. The van der Waals surface area contributed by atoms with E-state index in [1.54, 1.807) is 0 Å². The van der Waals surface area contributed by atoms with Crippen LogP contribution in [-0.2, 0) is 4.43 Å². The first-order chi connectivity index (χ1) is 6.74. The Labute approximate surface area is 94.5 Å². The predicted octanol–water partition coefficient (Wildman–Crippen LogP) is 3.09. The quantitative estimate of drug-likeness (QED) is 0.581. The van der Waals surface area contributed by atoms with Crippen molar-refractivity contribution >= 4 is 8.32 Å². The molecule has 0 radical (unpaired) electrons. The van der Waals surface area contributed by atoms with Gasteiger partial charge < -0.3 is 9.53 Å². The van der Waals surface area contributed by atoms with Crippen LogP contribution >= 0.6 is 0 Å². The van der Waals surface area contributed by atoms with Gasteiger partial charge in [-0.2, -0.15) is 0 Å². The van der Waals surface area contributed by atoms with Crippen molar-refractivity contribution in [2.24, 2.45) is 0 Å². The third-order valence-electron chi connectivity index (χ3n) is 3.58. The molecule has 0 saturated heterocycles. The average Bonchev–Trinajstić information content (AvgIpc) is 2.06. The van der Waals surface area contributed by atoms with Crippen molar-refractivity contribution in [3.8, 4) is 0 Å². The maximum absolute atomic E-state index is 9.81. The largest absolute Gasteiger partial charge is 0.411 e. The number of hydrogen-bond acceptors (Lipinski definition) is 2. The van der Waals surface area contributed by atoms with Gasteiger partial charge in [0.25, 0.3) is 0 Å². The normalized spacial score (nSPS) is 28.1. The molecule has 0 aromatic rings. The monoisotopic (exact) mass is 228 g/mol. The van der Waals surface area contributed by atoms with Crippen molar-refractivity contribution in [3.05, 3.63) is 12.2 Å². The molecule has 3 heteroatoms. The van der Waals surface area contributed by atoms with Crippen LogP contribution in [0, 0.1) is 0 Å². The van der Waals surface area contributed by atoms with Crippen LogP contribution in [0.25, 0.3) is 0 Å². The van der Waals surface area contributed by atoms with E-state index in [1.807, 2.05) is 12.2 Å². The van der Waals surface area contributed by atoms with Crippen LogP contribution in [-0.4, -0.2) is 25.6 Å². The highest BCUT2D eigenvalue weighted by molar-refractivity contribution is 6.74. The number of aliphatic hydroxyl groups is 1. The summed E-state index contributed by atoms with van der Waals surface area (Å²) in [4.78, 5) is 0. The highest BCUT2D eigenvalue weighted by Crippen LogP contribution is 2.38. The molecular formula is C12H24O2Si. The van der Waals surface area contributed by atoms with Gasteiger partial charge in [0.1, 0.15) is 0 Å². The van der Waals surface area contributed by atoms with Crippen molar-refractivity contribution in [3.63, 3.8) is 0 Å². The van der Waals surface area contributed by atoms with E-state index >= 15 is 0 Å².